The molecule has 0 aliphatic carbocycles. The maximum Gasteiger partial charge on any atom is 0.329 e. The number of aryl methyl sites for hydroxylation is 1. The van der Waals surface area contributed by atoms with Crippen LogP contribution in [-0.2, 0) is 35.1 Å². The first kappa shape index (κ1) is 55.9. The number of likely N-dealkylation sites (tertiary alicyclic amines) is 1. The maximum atomic E-state index is 14.5. The number of methoxy groups -OCH3 is 5. The van der Waals surface area contributed by atoms with Crippen LogP contribution in [0.5, 0.6) is 40.2 Å². The molecule has 0 bridgehead atoms. The van der Waals surface area contributed by atoms with E-state index in [1.54, 1.807) is 61.6 Å². The minimum absolute atomic E-state index is 0.0301. The van der Waals surface area contributed by atoms with Crippen molar-refractivity contribution in [3.05, 3.63) is 101 Å². The second kappa shape index (κ2) is 26.6. The maximum absolute atomic E-state index is 14.5. The van der Waals surface area contributed by atoms with Gasteiger partial charge in [-0.15, -0.1) is 0 Å². The third-order valence-electron chi connectivity index (χ3n) is 13.9. The molecule has 4 aromatic rings. The lowest BCUT2D eigenvalue weighted by atomic mass is 9.91. The van der Waals surface area contributed by atoms with Gasteiger partial charge in [-0.05, 0) is 123 Å². The molecule has 76 heavy (non-hydrogen) atoms. The minimum atomic E-state index is -1.06. The summed E-state index contributed by atoms with van der Waals surface area (Å²) in [5.41, 5.74) is 2.51. The third-order valence-corrected chi connectivity index (χ3v) is 13.9. The van der Waals surface area contributed by atoms with Gasteiger partial charge in [0, 0.05) is 19.5 Å². The van der Waals surface area contributed by atoms with Crippen LogP contribution in [-0.4, -0.2) is 125 Å². The van der Waals surface area contributed by atoms with Crippen molar-refractivity contribution in [1.29, 1.82) is 0 Å². The summed E-state index contributed by atoms with van der Waals surface area (Å²) in [7, 11) is 7.70. The second-order valence-electron chi connectivity index (χ2n) is 18.7. The number of nitrogens with zero attached hydrogens (tertiary/aromatic N) is 2. The van der Waals surface area contributed by atoms with Crippen molar-refractivity contribution in [2.45, 2.75) is 108 Å². The lowest BCUT2D eigenvalue weighted by molar-refractivity contribution is -0.162. The number of hydrogen-bond donors (Lipinski definition) is 2. The molecule has 4 aromatic carbocycles. The van der Waals surface area contributed by atoms with E-state index in [0.717, 1.165) is 36.1 Å². The van der Waals surface area contributed by atoms with Crippen molar-refractivity contribution < 1.29 is 71.5 Å². The highest BCUT2D eigenvalue weighted by atomic mass is 16.5. The Balaban J connectivity index is 0.929. The van der Waals surface area contributed by atoms with E-state index in [4.69, 9.17) is 37.9 Å². The van der Waals surface area contributed by atoms with Crippen molar-refractivity contribution in [3.63, 3.8) is 0 Å². The van der Waals surface area contributed by atoms with Gasteiger partial charge in [-0.1, -0.05) is 44.0 Å². The molecule has 2 fully saturated rings. The zero-order valence-corrected chi connectivity index (χ0v) is 44.1. The standard InChI is InChI=1S/C57H68N4O15/c1-7-39(37-32-47(71-4)52(73-6)48(33-37)72-5)54(65)60-28-12-10-19-42(60)57(68)76-43(24-21-35-22-25-44(69-2)46(30-35)70-3)36-16-14-17-38(31-36)75-34-50(63)58-27-11-8-9-13-29-74-45-20-15-18-40-51(45)56(67)61(55(40)66)41-23-26-49(62)59-53(41)64/h14-18,20,22,25,30-33,39,41-43H,7-13,19,21,23-24,26-29,34H2,1-6H3,(H,58,63)(H,59,62,64)/t39-,41?,42-,43+/m0/s1. The van der Waals surface area contributed by atoms with E-state index in [0.29, 0.717) is 97.2 Å². The van der Waals surface area contributed by atoms with Gasteiger partial charge in [-0.2, -0.15) is 0 Å². The number of carbonyl (C=O) groups is 7. The number of imide groups is 2. The summed E-state index contributed by atoms with van der Waals surface area (Å²) in [5.74, 6) is -0.894. The SMILES string of the molecule is CC[C@H](C(=O)N1CCCC[C@H]1C(=O)O[C@H](CCc1ccc(OC)c(OC)c1)c1cccc(OCC(=O)NCCCCCCOc2cccc3c2C(=O)N(C2CCC(=O)NC2=O)C3=O)c1)c1cc(OC)c(OC)c(OC)c1. The summed E-state index contributed by atoms with van der Waals surface area (Å²) >= 11 is 0. The van der Waals surface area contributed by atoms with Crippen LogP contribution >= 0.6 is 0 Å². The Morgan fingerprint density at radius 1 is 0.724 bits per heavy atom. The van der Waals surface area contributed by atoms with Gasteiger partial charge in [-0.3, -0.25) is 39.0 Å². The van der Waals surface area contributed by atoms with Crippen LogP contribution in [0.4, 0.5) is 0 Å². The predicted molar refractivity (Wildman–Crippen MR) is 277 cm³/mol. The quantitative estimate of drug-likeness (QED) is 0.0365. The molecule has 0 spiro atoms. The first-order valence-electron chi connectivity index (χ1n) is 25.8. The van der Waals surface area contributed by atoms with Crippen LogP contribution in [0.15, 0.2) is 72.8 Å². The van der Waals surface area contributed by atoms with Gasteiger partial charge in [0.15, 0.2) is 29.6 Å². The number of amides is 6. The summed E-state index contributed by atoms with van der Waals surface area (Å²) in [6.45, 7) is 2.76. The molecule has 2 saturated heterocycles. The van der Waals surface area contributed by atoms with Crippen LogP contribution in [0.1, 0.15) is 127 Å². The molecule has 6 amide bonds. The highest BCUT2D eigenvalue weighted by molar-refractivity contribution is 6.24. The largest absolute Gasteiger partial charge is 0.493 e. The monoisotopic (exact) mass is 1050 g/mol. The van der Waals surface area contributed by atoms with Gasteiger partial charge in [0.25, 0.3) is 17.7 Å². The number of nitrogens with one attached hydrogen (secondary N) is 2. The summed E-state index contributed by atoms with van der Waals surface area (Å²) in [4.78, 5) is 95.2. The average molecular weight is 1050 g/mol. The molecular weight excluding hydrogens is 981 g/mol. The Morgan fingerprint density at radius 2 is 1.46 bits per heavy atom. The van der Waals surface area contributed by atoms with Crippen LogP contribution in [0.2, 0.25) is 0 Å². The van der Waals surface area contributed by atoms with Crippen molar-refractivity contribution >= 4 is 41.4 Å². The molecule has 0 aromatic heterocycles. The smallest absolute Gasteiger partial charge is 0.329 e. The summed E-state index contributed by atoms with van der Waals surface area (Å²) in [5, 5.41) is 5.10. The van der Waals surface area contributed by atoms with Crippen LogP contribution < -0.4 is 43.8 Å². The van der Waals surface area contributed by atoms with Gasteiger partial charge >= 0.3 is 5.97 Å². The van der Waals surface area contributed by atoms with Gasteiger partial charge in [0.2, 0.25) is 23.5 Å². The Kier molecular flexibility index (Phi) is 19.6. The molecule has 0 radical (unpaired) electrons. The molecule has 0 saturated carbocycles. The second-order valence-corrected chi connectivity index (χ2v) is 18.7. The van der Waals surface area contributed by atoms with Gasteiger partial charge < -0.3 is 48.1 Å². The Labute approximate surface area is 442 Å². The van der Waals surface area contributed by atoms with Gasteiger partial charge in [-0.25, -0.2) is 4.79 Å². The molecule has 3 aliphatic heterocycles. The Morgan fingerprint density at radius 3 is 2.17 bits per heavy atom. The van der Waals surface area contributed by atoms with Crippen molar-refractivity contribution in [3.8, 4) is 40.2 Å². The molecule has 3 aliphatic rings. The molecule has 1 unspecified atom stereocenters. The number of fused-ring (bicyclic) bond motifs is 1. The first-order valence-corrected chi connectivity index (χ1v) is 25.8. The predicted octanol–water partition coefficient (Wildman–Crippen LogP) is 7.06. The zero-order chi connectivity index (χ0) is 54.3. The van der Waals surface area contributed by atoms with Crippen LogP contribution in [0, 0.1) is 0 Å². The fraction of sp³-hybridized carbons (Fsp3) is 0.456. The third kappa shape index (κ3) is 13.2. The summed E-state index contributed by atoms with van der Waals surface area (Å²) in [6, 6.07) is 19.2. The molecule has 19 nitrogen and oxygen atoms in total. The molecule has 19 heteroatoms. The van der Waals surface area contributed by atoms with E-state index in [1.165, 1.54) is 27.4 Å². The number of unbranched alkanes of at least 4 members (excludes halogenated alkanes) is 3. The van der Waals surface area contributed by atoms with Crippen molar-refractivity contribution in [2.75, 3.05) is 61.9 Å². The molecule has 2 N–H and O–H groups in total. The molecule has 3 heterocycles. The first-order chi connectivity index (χ1) is 36.8. The van der Waals surface area contributed by atoms with E-state index in [-0.39, 0.29) is 54.7 Å². The highest BCUT2D eigenvalue weighted by Gasteiger charge is 2.46. The number of esters is 1. The Bertz CT molecular complexity index is 2740. The topological polar surface area (TPSA) is 224 Å². The number of piperidine rings is 2. The fourth-order valence-electron chi connectivity index (χ4n) is 9.94. The van der Waals surface area contributed by atoms with Gasteiger partial charge in [0.1, 0.15) is 29.7 Å². The summed E-state index contributed by atoms with van der Waals surface area (Å²) < 4.78 is 46.1. The zero-order valence-electron chi connectivity index (χ0n) is 44.1. The number of ether oxygens (including phenoxy) is 8. The Hall–Kier alpha value is -7.83. The van der Waals surface area contributed by atoms with Crippen molar-refractivity contribution in [1.82, 2.24) is 20.4 Å². The van der Waals surface area contributed by atoms with E-state index >= 15 is 0 Å². The molecule has 406 valence electrons. The average Bonchev–Trinajstić information content (AvgIpc) is 3.74. The normalized spacial score (nSPS) is 17.0. The number of benzene rings is 4. The molecule has 4 atom stereocenters. The molecule has 7 rings (SSSR count). The van der Waals surface area contributed by atoms with Gasteiger partial charge in [0.05, 0.1) is 59.2 Å². The summed E-state index contributed by atoms with van der Waals surface area (Å²) in [6.07, 6.45) is 5.46. The van der Waals surface area contributed by atoms with Crippen LogP contribution in [0.25, 0.3) is 0 Å². The number of rotatable bonds is 26. The van der Waals surface area contributed by atoms with E-state index in [2.05, 4.69) is 10.6 Å². The van der Waals surface area contributed by atoms with Crippen LogP contribution in [0.3, 0.4) is 0 Å². The minimum Gasteiger partial charge on any atom is -0.493 e. The van der Waals surface area contributed by atoms with Crippen molar-refractivity contribution in [2.24, 2.45) is 0 Å². The number of carbonyl (C=O) groups excluding carboxylic acids is 7. The number of hydrogen-bond acceptors (Lipinski definition) is 15. The van der Waals surface area contributed by atoms with E-state index < -0.39 is 53.7 Å². The van der Waals surface area contributed by atoms with E-state index in [9.17, 15) is 33.6 Å². The highest BCUT2D eigenvalue weighted by Crippen LogP contribution is 2.42. The lowest BCUT2D eigenvalue weighted by Gasteiger charge is -2.37. The van der Waals surface area contributed by atoms with E-state index in [1.807, 2.05) is 31.2 Å². The molecular formula is C57H68N4O15. The lowest BCUT2D eigenvalue weighted by Crippen LogP contribution is -2.54. The fourth-order valence-corrected chi connectivity index (χ4v) is 9.94.